The maximum absolute atomic E-state index is 5.29. The van der Waals surface area contributed by atoms with Crippen LogP contribution in [-0.2, 0) is 0 Å². The smallest absolute Gasteiger partial charge is 0.150 e. The Labute approximate surface area is 239 Å². The van der Waals surface area contributed by atoms with E-state index in [1.165, 1.54) is 11.1 Å². The lowest BCUT2D eigenvalue weighted by atomic mass is 9.91. The van der Waals surface area contributed by atoms with E-state index in [9.17, 15) is 0 Å². The molecule has 0 radical (unpaired) electrons. The number of benzene rings is 4. The molecule has 0 atom stereocenters. The molecule has 0 unspecified atom stereocenters. The molecular weight excluding hydrogens is 500 g/mol. The molecule has 0 fully saturated rings. The van der Waals surface area contributed by atoms with Gasteiger partial charge >= 0.3 is 0 Å². The third-order valence-electron chi connectivity index (χ3n) is 7.96. The van der Waals surface area contributed by atoms with Crippen LogP contribution in [0, 0.1) is 0 Å². The number of allylic oxidation sites excluding steroid dienone is 4. The highest BCUT2D eigenvalue weighted by Crippen LogP contribution is 2.50. The maximum Gasteiger partial charge on any atom is 0.150 e. The Hall–Kier alpha value is -5.35. The van der Waals surface area contributed by atoms with Crippen LogP contribution in [0.2, 0.25) is 0 Å². The van der Waals surface area contributed by atoms with Crippen molar-refractivity contribution in [1.82, 2.24) is 15.0 Å². The van der Waals surface area contributed by atoms with E-state index in [4.69, 9.17) is 15.0 Å². The number of nitrogens with zero attached hydrogens (tertiary/aromatic N) is 4. The molecule has 6 aromatic rings. The summed E-state index contributed by atoms with van der Waals surface area (Å²) in [7, 11) is 0. The van der Waals surface area contributed by atoms with Gasteiger partial charge in [0.2, 0.25) is 0 Å². The van der Waals surface area contributed by atoms with Gasteiger partial charge in [-0.05, 0) is 76.6 Å². The number of para-hydroxylation sites is 1. The fourth-order valence-electron chi connectivity index (χ4n) is 6.00. The van der Waals surface area contributed by atoms with E-state index in [0.29, 0.717) is 0 Å². The number of anilines is 3. The van der Waals surface area contributed by atoms with Crippen molar-refractivity contribution in [3.63, 3.8) is 0 Å². The second-order valence-corrected chi connectivity index (χ2v) is 10.5. The molecule has 2 aliphatic rings. The molecule has 4 nitrogen and oxygen atoms in total. The van der Waals surface area contributed by atoms with Crippen molar-refractivity contribution in [1.29, 1.82) is 0 Å². The van der Waals surface area contributed by atoms with Crippen molar-refractivity contribution in [2.75, 3.05) is 4.90 Å². The molecule has 4 heteroatoms. The molecule has 8 rings (SSSR count). The average Bonchev–Trinajstić information content (AvgIpc) is 3.06. The number of hydrogen-bond acceptors (Lipinski definition) is 4. The van der Waals surface area contributed by atoms with Crippen LogP contribution in [0.1, 0.15) is 18.5 Å². The normalized spacial score (nSPS) is 13.7. The van der Waals surface area contributed by atoms with Gasteiger partial charge in [-0.25, -0.2) is 15.0 Å². The lowest BCUT2D eigenvalue weighted by Crippen LogP contribution is -2.18. The van der Waals surface area contributed by atoms with Crippen LogP contribution in [0.25, 0.3) is 49.9 Å². The van der Waals surface area contributed by atoms with Gasteiger partial charge in [0.15, 0.2) is 5.82 Å². The Morgan fingerprint density at radius 2 is 1.37 bits per heavy atom. The summed E-state index contributed by atoms with van der Waals surface area (Å²) in [5.74, 6) is 1.70. The van der Waals surface area contributed by atoms with E-state index >= 15 is 0 Å². The van der Waals surface area contributed by atoms with Gasteiger partial charge in [0.05, 0.1) is 22.3 Å². The summed E-state index contributed by atoms with van der Waals surface area (Å²) in [6.45, 7) is 0. The van der Waals surface area contributed by atoms with Gasteiger partial charge in [-0.2, -0.15) is 0 Å². The second-order valence-electron chi connectivity index (χ2n) is 10.5. The Morgan fingerprint density at radius 3 is 2.12 bits per heavy atom. The zero-order chi connectivity index (χ0) is 27.2. The van der Waals surface area contributed by atoms with Gasteiger partial charge in [-0.15, -0.1) is 0 Å². The zero-order valence-corrected chi connectivity index (χ0v) is 22.4. The van der Waals surface area contributed by atoms with Crippen molar-refractivity contribution < 1.29 is 0 Å². The van der Waals surface area contributed by atoms with E-state index in [2.05, 4.69) is 126 Å². The molecule has 0 N–H and O–H groups in total. The van der Waals surface area contributed by atoms with Crippen LogP contribution in [0.4, 0.5) is 17.3 Å². The molecule has 3 heterocycles. The summed E-state index contributed by atoms with van der Waals surface area (Å²) in [6.07, 6.45) is 10.2. The minimum Gasteiger partial charge on any atom is -0.278 e. The van der Waals surface area contributed by atoms with Crippen molar-refractivity contribution in [3.8, 4) is 33.4 Å². The third-order valence-corrected chi connectivity index (χ3v) is 7.96. The number of hydrogen-bond donors (Lipinski definition) is 0. The van der Waals surface area contributed by atoms with Crippen LogP contribution in [0.15, 0.2) is 134 Å². The largest absolute Gasteiger partial charge is 0.278 e. The number of aromatic nitrogens is 3. The highest BCUT2D eigenvalue weighted by molar-refractivity contribution is 6.12. The molecule has 4 aromatic carbocycles. The standard InChI is InChI=1S/C37H26N4/c1-4-12-25(13-5-1)28-20-31-30-18-10-11-19-34(30)41(37-36(31)33(22-28)38-24-39-37)35-23-29(26-14-6-2-7-15-26)21-32(40-35)27-16-8-3-9-17-27/h1-8,10-16,18-24H,9,17H2. The summed E-state index contributed by atoms with van der Waals surface area (Å²) in [5.41, 5.74) is 11.1. The molecule has 2 aromatic heterocycles. The molecule has 1 aliphatic carbocycles. The highest BCUT2D eigenvalue weighted by atomic mass is 15.3. The fraction of sp³-hybridized carbons (Fsp3) is 0.0541. The monoisotopic (exact) mass is 526 g/mol. The first-order valence-corrected chi connectivity index (χ1v) is 14.0. The van der Waals surface area contributed by atoms with Gasteiger partial charge in [0, 0.05) is 5.56 Å². The Morgan fingerprint density at radius 1 is 0.634 bits per heavy atom. The summed E-state index contributed by atoms with van der Waals surface area (Å²) in [4.78, 5) is 17.1. The van der Waals surface area contributed by atoms with E-state index in [1.807, 2.05) is 6.07 Å². The SMILES string of the molecule is C1=CCCC(c2cc(-c3ccccc3)cc(N3c4ccccc4-c4cc(-c5ccccc5)cc5ncnc3c45)n2)=C1. The zero-order valence-electron chi connectivity index (χ0n) is 22.4. The number of rotatable bonds is 4. The van der Waals surface area contributed by atoms with Crippen LogP contribution in [-0.4, -0.2) is 15.0 Å². The summed E-state index contributed by atoms with van der Waals surface area (Å²) in [5, 5.41) is 1.04. The van der Waals surface area contributed by atoms with Crippen LogP contribution in [0.3, 0.4) is 0 Å². The first kappa shape index (κ1) is 23.5. The second kappa shape index (κ2) is 9.68. The van der Waals surface area contributed by atoms with Gasteiger partial charge in [-0.3, -0.25) is 4.90 Å². The summed E-state index contributed by atoms with van der Waals surface area (Å²) >= 11 is 0. The van der Waals surface area contributed by atoms with E-state index in [1.54, 1.807) is 6.33 Å². The first-order valence-electron chi connectivity index (χ1n) is 14.0. The minimum absolute atomic E-state index is 0.849. The average molecular weight is 527 g/mol. The van der Waals surface area contributed by atoms with E-state index in [-0.39, 0.29) is 0 Å². The van der Waals surface area contributed by atoms with Gasteiger partial charge < -0.3 is 0 Å². The topological polar surface area (TPSA) is 41.9 Å². The predicted octanol–water partition coefficient (Wildman–Crippen LogP) is 9.54. The Balaban J connectivity index is 1.39. The van der Waals surface area contributed by atoms with Gasteiger partial charge in [0.1, 0.15) is 12.1 Å². The van der Waals surface area contributed by atoms with Crippen molar-refractivity contribution in [3.05, 3.63) is 139 Å². The molecule has 0 spiro atoms. The first-order chi connectivity index (χ1) is 20.3. The van der Waals surface area contributed by atoms with Crippen LogP contribution in [0.5, 0.6) is 0 Å². The van der Waals surface area contributed by atoms with Gasteiger partial charge in [-0.1, -0.05) is 97.1 Å². The van der Waals surface area contributed by atoms with Crippen molar-refractivity contribution in [2.45, 2.75) is 12.8 Å². The molecule has 0 saturated heterocycles. The van der Waals surface area contributed by atoms with E-state index in [0.717, 1.165) is 74.6 Å². The van der Waals surface area contributed by atoms with E-state index < -0.39 is 0 Å². The molecular formula is C37H26N4. The molecule has 0 amide bonds. The highest BCUT2D eigenvalue weighted by Gasteiger charge is 2.29. The van der Waals surface area contributed by atoms with Crippen molar-refractivity contribution in [2.24, 2.45) is 0 Å². The van der Waals surface area contributed by atoms with Crippen molar-refractivity contribution >= 4 is 33.8 Å². The minimum atomic E-state index is 0.849. The van der Waals surface area contributed by atoms with Gasteiger partial charge in [0.25, 0.3) is 0 Å². The third kappa shape index (κ3) is 4.04. The molecule has 41 heavy (non-hydrogen) atoms. The summed E-state index contributed by atoms with van der Waals surface area (Å²) in [6, 6.07) is 38.4. The molecule has 1 aliphatic heterocycles. The molecule has 0 bridgehead atoms. The number of pyridine rings is 1. The predicted molar refractivity (Wildman–Crippen MR) is 168 cm³/mol. The Bertz CT molecular complexity index is 1990. The lowest BCUT2D eigenvalue weighted by Gasteiger charge is -2.32. The van der Waals surface area contributed by atoms with Crippen LogP contribution >= 0.6 is 0 Å². The maximum atomic E-state index is 5.29. The Kier molecular flexibility index (Phi) is 5.56. The molecule has 194 valence electrons. The quantitative estimate of drug-likeness (QED) is 0.229. The summed E-state index contributed by atoms with van der Waals surface area (Å²) < 4.78 is 0. The van der Waals surface area contributed by atoms with Crippen LogP contribution < -0.4 is 4.90 Å². The fourth-order valence-corrected chi connectivity index (χ4v) is 6.00. The lowest BCUT2D eigenvalue weighted by molar-refractivity contribution is 1.03. The molecule has 0 saturated carbocycles. The number of fused-ring (bicyclic) bond motifs is 2.